The molecule has 0 spiro atoms. The second-order valence-electron chi connectivity index (χ2n) is 11.5. The number of hydrogen-bond acceptors (Lipinski definition) is 8. The van der Waals surface area contributed by atoms with Crippen molar-refractivity contribution in [2.24, 2.45) is 39.9 Å². The summed E-state index contributed by atoms with van der Waals surface area (Å²) in [6, 6.07) is 0. The number of rotatable bonds is 0. The molecule has 16 bridgehead atoms. The molecular formula is C40H24N8. The van der Waals surface area contributed by atoms with Gasteiger partial charge in [-0.3, -0.25) is 0 Å². The molecule has 0 atom stereocenters. The Morgan fingerprint density at radius 2 is 0.292 bits per heavy atom. The van der Waals surface area contributed by atoms with Gasteiger partial charge in [0.25, 0.3) is 0 Å². The molecule has 0 amide bonds. The van der Waals surface area contributed by atoms with E-state index in [2.05, 4.69) is 39.9 Å². The molecule has 0 aromatic rings. The second-order valence-corrected chi connectivity index (χ2v) is 11.5. The Balaban J connectivity index is 0.000000131. The zero-order valence-corrected chi connectivity index (χ0v) is 25.4. The lowest BCUT2D eigenvalue weighted by atomic mass is 10.2. The minimum absolute atomic E-state index is 0.894. The van der Waals surface area contributed by atoms with Crippen LogP contribution in [-0.2, 0) is 0 Å². The number of allylic oxidation sites excluding steroid dienone is 24. The molecule has 8 heteroatoms. The molecule has 0 aromatic heterocycles. The van der Waals surface area contributed by atoms with Crippen LogP contribution in [0.15, 0.2) is 231 Å². The summed E-state index contributed by atoms with van der Waals surface area (Å²) in [4.78, 5) is 36.8. The number of fused-ring (bicyclic) bond motifs is 8. The van der Waals surface area contributed by atoms with Gasteiger partial charge < -0.3 is 0 Å². The first-order valence-electron chi connectivity index (χ1n) is 15.5. The summed E-state index contributed by atoms with van der Waals surface area (Å²) in [6.45, 7) is 0. The third-order valence-electron chi connectivity index (χ3n) is 7.83. The third kappa shape index (κ3) is 6.05. The minimum atomic E-state index is 0.894. The van der Waals surface area contributed by atoms with Gasteiger partial charge >= 0.3 is 0 Å². The second kappa shape index (κ2) is 11.5. The van der Waals surface area contributed by atoms with Crippen molar-refractivity contribution in [3.05, 3.63) is 191 Å². The van der Waals surface area contributed by atoms with Crippen LogP contribution < -0.4 is 0 Å². The monoisotopic (exact) mass is 616 g/mol. The predicted octanol–water partition coefficient (Wildman–Crippen LogP) is 7.16. The largest absolute Gasteiger partial charge is 0.249 e. The van der Waals surface area contributed by atoms with E-state index < -0.39 is 0 Å². The van der Waals surface area contributed by atoms with Crippen molar-refractivity contribution in [3.63, 3.8) is 0 Å². The maximum atomic E-state index is 4.59. The average Bonchev–Trinajstić information content (AvgIpc) is 3.91. The van der Waals surface area contributed by atoms with E-state index in [4.69, 9.17) is 0 Å². The Bertz CT molecular complexity index is 1850. The van der Waals surface area contributed by atoms with Crippen LogP contribution in [0.4, 0.5) is 0 Å². The number of aliphatic imine (C=N–C) groups is 8. The molecule has 0 unspecified atom stereocenters. The minimum Gasteiger partial charge on any atom is -0.249 e. The lowest BCUT2D eigenvalue weighted by Gasteiger charge is -1.94. The molecule has 224 valence electrons. The van der Waals surface area contributed by atoms with E-state index in [1.165, 1.54) is 0 Å². The van der Waals surface area contributed by atoms with Crippen molar-refractivity contribution < 1.29 is 0 Å². The van der Waals surface area contributed by atoms with Gasteiger partial charge in [0.15, 0.2) is 0 Å². The molecule has 0 aromatic carbocycles. The highest BCUT2D eigenvalue weighted by Gasteiger charge is 2.13. The van der Waals surface area contributed by atoms with Crippen molar-refractivity contribution in [2.45, 2.75) is 0 Å². The van der Waals surface area contributed by atoms with E-state index >= 15 is 0 Å². The summed E-state index contributed by atoms with van der Waals surface area (Å²) in [5.41, 5.74) is 14.3. The highest BCUT2D eigenvalue weighted by molar-refractivity contribution is 6.16. The van der Waals surface area contributed by atoms with Crippen molar-refractivity contribution in [1.82, 2.24) is 0 Å². The zero-order valence-electron chi connectivity index (χ0n) is 25.4. The van der Waals surface area contributed by atoms with Crippen LogP contribution in [0.5, 0.6) is 0 Å². The van der Waals surface area contributed by atoms with E-state index in [9.17, 15) is 0 Å². The molecule has 0 saturated carbocycles. The van der Waals surface area contributed by atoms with Crippen LogP contribution in [0.2, 0.25) is 0 Å². The lowest BCUT2D eigenvalue weighted by molar-refractivity contribution is 1.41. The normalized spacial score (nSPS) is 22.7. The van der Waals surface area contributed by atoms with Crippen LogP contribution in [0.25, 0.3) is 0 Å². The van der Waals surface area contributed by atoms with Gasteiger partial charge in [0.05, 0.1) is 91.3 Å². The highest BCUT2D eigenvalue weighted by Crippen LogP contribution is 2.22. The van der Waals surface area contributed by atoms with Gasteiger partial charge in [-0.25, -0.2) is 39.9 Å². The fraction of sp³-hybridized carbons (Fsp3) is 0. The Morgan fingerprint density at radius 1 is 0.167 bits per heavy atom. The maximum absolute atomic E-state index is 4.59. The Hall–Kier alpha value is -6.80. The van der Waals surface area contributed by atoms with Crippen molar-refractivity contribution in [1.29, 1.82) is 0 Å². The van der Waals surface area contributed by atoms with Crippen LogP contribution >= 0.6 is 0 Å². The van der Waals surface area contributed by atoms with E-state index in [0.29, 0.717) is 0 Å². The molecule has 10 rings (SSSR count). The molecule has 0 N–H and O–H groups in total. The molecular weight excluding hydrogens is 592 g/mol. The summed E-state index contributed by atoms with van der Waals surface area (Å²) < 4.78 is 0. The van der Waals surface area contributed by atoms with E-state index in [0.717, 1.165) is 91.3 Å². The van der Waals surface area contributed by atoms with E-state index in [1.807, 2.05) is 146 Å². The Kier molecular flexibility index (Phi) is 6.61. The average molecular weight is 617 g/mol. The van der Waals surface area contributed by atoms with Gasteiger partial charge in [-0.15, -0.1) is 0 Å². The van der Waals surface area contributed by atoms with Crippen molar-refractivity contribution in [3.8, 4) is 0 Å². The first kappa shape index (κ1) is 27.5. The van der Waals surface area contributed by atoms with Gasteiger partial charge in [-0.2, -0.15) is 0 Å². The molecule has 0 saturated heterocycles. The van der Waals surface area contributed by atoms with Crippen LogP contribution in [0.1, 0.15) is 0 Å². The number of hydrogen-bond donors (Lipinski definition) is 0. The quantitative estimate of drug-likeness (QED) is 0.276. The number of nitrogens with zero attached hydrogens (tertiary/aromatic N) is 8. The van der Waals surface area contributed by atoms with E-state index in [-0.39, 0.29) is 0 Å². The molecule has 8 nitrogen and oxygen atoms in total. The summed E-state index contributed by atoms with van der Waals surface area (Å²) in [6.07, 6.45) is 47.6. The summed E-state index contributed by atoms with van der Waals surface area (Å²) in [7, 11) is 0. The topological polar surface area (TPSA) is 98.9 Å². The Morgan fingerprint density at radius 3 is 0.417 bits per heavy atom. The van der Waals surface area contributed by atoms with Crippen LogP contribution in [0.3, 0.4) is 0 Å². The molecule has 0 radical (unpaired) electrons. The fourth-order valence-corrected chi connectivity index (χ4v) is 5.65. The maximum Gasteiger partial charge on any atom is 0.0659 e. The predicted molar refractivity (Wildman–Crippen MR) is 197 cm³/mol. The molecule has 10 heterocycles. The van der Waals surface area contributed by atoms with Crippen LogP contribution in [0, 0.1) is 0 Å². The lowest BCUT2D eigenvalue weighted by Crippen LogP contribution is -1.89. The van der Waals surface area contributed by atoms with Crippen LogP contribution in [-0.4, -0.2) is 45.7 Å². The van der Waals surface area contributed by atoms with Crippen molar-refractivity contribution >= 4 is 45.7 Å². The SMILES string of the molecule is C1=CC2=NC1=CC1=NC(=CC3=NC(=CC4=NC(=C2)C=C4)C=C3)C=C1.C1=CC2=NC1=CC1=NC(=CC3=NC(=CC4=NC(=C2)C=C4)C=C3)C=C1. The van der Waals surface area contributed by atoms with Gasteiger partial charge in [-0.1, -0.05) is 0 Å². The summed E-state index contributed by atoms with van der Waals surface area (Å²) >= 11 is 0. The zero-order chi connectivity index (χ0) is 31.9. The third-order valence-corrected chi connectivity index (χ3v) is 7.83. The van der Waals surface area contributed by atoms with Crippen molar-refractivity contribution in [2.75, 3.05) is 0 Å². The fourth-order valence-electron chi connectivity index (χ4n) is 5.65. The molecule has 48 heavy (non-hydrogen) atoms. The highest BCUT2D eigenvalue weighted by atomic mass is 14.9. The molecule has 0 aliphatic carbocycles. The summed E-state index contributed by atoms with van der Waals surface area (Å²) in [5, 5.41) is 0. The molecule has 10 aliphatic rings. The van der Waals surface area contributed by atoms with Gasteiger partial charge in [-0.05, 0) is 146 Å². The molecule has 0 fully saturated rings. The first-order valence-corrected chi connectivity index (χ1v) is 15.5. The summed E-state index contributed by atoms with van der Waals surface area (Å²) in [5.74, 6) is 0. The first-order chi connectivity index (χ1) is 23.6. The Labute approximate surface area is 276 Å². The standard InChI is InChI=1S/2C20H12N4/c2*1-2-14-10-16-5-6-18(23-16)12-20-8-7-19(24-20)11-17-4-3-15(22-17)9-13(1)21-14/h2*1-12H. The smallest absolute Gasteiger partial charge is 0.0659 e. The van der Waals surface area contributed by atoms with E-state index in [1.54, 1.807) is 0 Å². The van der Waals surface area contributed by atoms with Gasteiger partial charge in [0, 0.05) is 0 Å². The molecule has 10 aliphatic heterocycles. The van der Waals surface area contributed by atoms with Gasteiger partial charge in [0.2, 0.25) is 0 Å². The van der Waals surface area contributed by atoms with Gasteiger partial charge in [0.1, 0.15) is 0 Å².